The van der Waals surface area contributed by atoms with Crippen LogP contribution in [0.5, 0.6) is 0 Å². The third-order valence-electron chi connectivity index (χ3n) is 2.07. The molecule has 0 amide bonds. The molecule has 1 saturated heterocycles. The molecule has 2 rings (SSSR count). The minimum Gasteiger partial charge on any atom is -0.468 e. The lowest BCUT2D eigenvalue weighted by atomic mass is 10.2. The normalized spacial score (nSPS) is 23.2. The summed E-state index contributed by atoms with van der Waals surface area (Å²) in [5.41, 5.74) is 0. The number of hydrogen-bond donors (Lipinski definition) is 1. The fourth-order valence-corrected chi connectivity index (χ4v) is 2.54. The van der Waals surface area contributed by atoms with Crippen molar-refractivity contribution in [3.05, 3.63) is 24.2 Å². The highest BCUT2D eigenvalue weighted by Crippen LogP contribution is 2.17. The highest BCUT2D eigenvalue weighted by atomic mass is 32.2. The van der Waals surface area contributed by atoms with Crippen LogP contribution in [-0.2, 0) is 6.54 Å². The minimum absolute atomic E-state index is 0.695. The maximum atomic E-state index is 5.22. The Morgan fingerprint density at radius 1 is 1.67 bits per heavy atom. The zero-order chi connectivity index (χ0) is 8.23. The van der Waals surface area contributed by atoms with Gasteiger partial charge < -0.3 is 9.73 Å². The zero-order valence-corrected chi connectivity index (χ0v) is 7.77. The second-order valence-corrected chi connectivity index (χ2v) is 4.17. The van der Waals surface area contributed by atoms with Crippen molar-refractivity contribution in [1.82, 2.24) is 5.32 Å². The fraction of sp³-hybridized carbons (Fsp3) is 0.556. The van der Waals surface area contributed by atoms with Crippen LogP contribution in [0.4, 0.5) is 0 Å². The third kappa shape index (κ3) is 2.05. The average molecular weight is 183 g/mol. The van der Waals surface area contributed by atoms with Crippen molar-refractivity contribution in [3.8, 4) is 0 Å². The van der Waals surface area contributed by atoms with E-state index >= 15 is 0 Å². The van der Waals surface area contributed by atoms with E-state index in [1.807, 2.05) is 23.9 Å². The molecule has 2 nitrogen and oxygen atoms in total. The molecule has 1 atom stereocenters. The topological polar surface area (TPSA) is 25.2 Å². The summed E-state index contributed by atoms with van der Waals surface area (Å²) >= 11 is 2.03. The molecule has 0 bridgehead atoms. The molecule has 0 spiro atoms. The Morgan fingerprint density at radius 3 is 3.33 bits per heavy atom. The second kappa shape index (κ2) is 4.01. The number of hydrogen-bond acceptors (Lipinski definition) is 3. The van der Waals surface area contributed by atoms with Gasteiger partial charge in [0, 0.05) is 11.8 Å². The molecule has 1 aliphatic rings. The highest BCUT2D eigenvalue weighted by Gasteiger charge is 2.14. The Morgan fingerprint density at radius 2 is 2.67 bits per heavy atom. The molecule has 12 heavy (non-hydrogen) atoms. The Bertz CT molecular complexity index is 216. The van der Waals surface area contributed by atoms with Gasteiger partial charge in [-0.1, -0.05) is 0 Å². The summed E-state index contributed by atoms with van der Waals surface area (Å²) in [6.07, 6.45) is 3.02. The van der Waals surface area contributed by atoms with Gasteiger partial charge in [0.25, 0.3) is 0 Å². The first kappa shape index (κ1) is 8.20. The van der Waals surface area contributed by atoms with Crippen LogP contribution < -0.4 is 5.32 Å². The first-order valence-corrected chi connectivity index (χ1v) is 5.44. The number of rotatable bonds is 3. The van der Waals surface area contributed by atoms with E-state index in [-0.39, 0.29) is 0 Å². The van der Waals surface area contributed by atoms with Crippen molar-refractivity contribution in [2.24, 2.45) is 0 Å². The number of furan rings is 1. The van der Waals surface area contributed by atoms with Crippen molar-refractivity contribution in [2.45, 2.75) is 19.0 Å². The SMILES string of the molecule is c1coc(CNC2CCSC2)c1. The molecular weight excluding hydrogens is 170 g/mol. The lowest BCUT2D eigenvalue weighted by molar-refractivity contribution is 0.457. The van der Waals surface area contributed by atoms with Gasteiger partial charge in [-0.25, -0.2) is 0 Å². The number of nitrogens with one attached hydrogen (secondary N) is 1. The first-order chi connectivity index (χ1) is 5.95. The van der Waals surface area contributed by atoms with Crippen molar-refractivity contribution in [3.63, 3.8) is 0 Å². The summed E-state index contributed by atoms with van der Waals surface area (Å²) in [5.74, 6) is 3.59. The number of thioether (sulfide) groups is 1. The lowest BCUT2D eigenvalue weighted by Gasteiger charge is -2.08. The third-order valence-corrected chi connectivity index (χ3v) is 3.24. The van der Waals surface area contributed by atoms with Crippen LogP contribution in [0.25, 0.3) is 0 Å². The van der Waals surface area contributed by atoms with E-state index < -0.39 is 0 Å². The van der Waals surface area contributed by atoms with Crippen molar-refractivity contribution >= 4 is 11.8 Å². The monoisotopic (exact) mass is 183 g/mol. The molecule has 1 aromatic rings. The molecule has 1 fully saturated rings. The van der Waals surface area contributed by atoms with Gasteiger partial charge in [0.05, 0.1) is 12.8 Å². The first-order valence-electron chi connectivity index (χ1n) is 4.28. The van der Waals surface area contributed by atoms with E-state index in [0.717, 1.165) is 12.3 Å². The molecule has 2 heterocycles. The van der Waals surface area contributed by atoms with Crippen molar-refractivity contribution < 1.29 is 4.42 Å². The van der Waals surface area contributed by atoms with Gasteiger partial charge in [-0.15, -0.1) is 0 Å². The minimum atomic E-state index is 0.695. The van der Waals surface area contributed by atoms with E-state index in [0.29, 0.717) is 6.04 Å². The Labute approximate surface area is 76.7 Å². The van der Waals surface area contributed by atoms with Gasteiger partial charge in [0.2, 0.25) is 0 Å². The van der Waals surface area contributed by atoms with Crippen LogP contribution in [0.1, 0.15) is 12.2 Å². The van der Waals surface area contributed by atoms with Crippen LogP contribution in [0.3, 0.4) is 0 Å². The van der Waals surface area contributed by atoms with E-state index in [2.05, 4.69) is 5.32 Å². The van der Waals surface area contributed by atoms with E-state index in [4.69, 9.17) is 4.42 Å². The summed E-state index contributed by atoms with van der Waals surface area (Å²) < 4.78 is 5.22. The van der Waals surface area contributed by atoms with Gasteiger partial charge in [0.1, 0.15) is 5.76 Å². The predicted molar refractivity (Wildman–Crippen MR) is 51.3 cm³/mol. The molecule has 66 valence electrons. The lowest BCUT2D eigenvalue weighted by Crippen LogP contribution is -2.27. The smallest absolute Gasteiger partial charge is 0.117 e. The molecule has 0 aromatic carbocycles. The highest BCUT2D eigenvalue weighted by molar-refractivity contribution is 7.99. The fourth-order valence-electron chi connectivity index (χ4n) is 1.35. The van der Waals surface area contributed by atoms with Crippen molar-refractivity contribution in [1.29, 1.82) is 0 Å². The Kier molecular flexibility index (Phi) is 2.74. The van der Waals surface area contributed by atoms with E-state index in [9.17, 15) is 0 Å². The molecular formula is C9H13NOS. The molecule has 0 aliphatic carbocycles. The molecule has 0 radical (unpaired) electrons. The molecule has 3 heteroatoms. The quantitative estimate of drug-likeness (QED) is 0.774. The van der Waals surface area contributed by atoms with Crippen molar-refractivity contribution in [2.75, 3.05) is 11.5 Å². The van der Waals surface area contributed by atoms with Crippen LogP contribution >= 0.6 is 11.8 Å². The molecule has 1 N–H and O–H groups in total. The van der Waals surface area contributed by atoms with Crippen LogP contribution in [0.15, 0.2) is 22.8 Å². The maximum absolute atomic E-state index is 5.22. The predicted octanol–water partition coefficient (Wildman–Crippen LogP) is 1.87. The molecule has 0 saturated carbocycles. The van der Waals surface area contributed by atoms with Crippen LogP contribution in [0, 0.1) is 0 Å². The van der Waals surface area contributed by atoms with Gasteiger partial charge in [0.15, 0.2) is 0 Å². The Balaban J connectivity index is 1.74. The summed E-state index contributed by atoms with van der Waals surface area (Å²) in [6, 6.07) is 4.63. The average Bonchev–Trinajstić information content (AvgIpc) is 2.74. The van der Waals surface area contributed by atoms with E-state index in [1.54, 1.807) is 6.26 Å². The largest absolute Gasteiger partial charge is 0.468 e. The summed E-state index contributed by atoms with van der Waals surface area (Å²) in [5, 5.41) is 3.47. The molecule has 1 unspecified atom stereocenters. The Hall–Kier alpha value is -0.410. The van der Waals surface area contributed by atoms with E-state index in [1.165, 1.54) is 17.9 Å². The second-order valence-electron chi connectivity index (χ2n) is 3.02. The zero-order valence-electron chi connectivity index (χ0n) is 6.95. The summed E-state index contributed by atoms with van der Waals surface area (Å²) in [4.78, 5) is 0. The standard InChI is InChI=1S/C9H13NOS/c1-2-9(11-4-1)6-10-8-3-5-12-7-8/h1-2,4,8,10H,3,5-7H2. The van der Waals surface area contributed by atoms with Gasteiger partial charge in [-0.05, 0) is 24.3 Å². The van der Waals surface area contributed by atoms with Gasteiger partial charge in [-0.3, -0.25) is 0 Å². The van der Waals surface area contributed by atoms with Crippen LogP contribution in [-0.4, -0.2) is 17.5 Å². The van der Waals surface area contributed by atoms with Gasteiger partial charge >= 0.3 is 0 Å². The van der Waals surface area contributed by atoms with Crippen LogP contribution in [0.2, 0.25) is 0 Å². The van der Waals surface area contributed by atoms with Gasteiger partial charge in [-0.2, -0.15) is 11.8 Å². The molecule has 1 aliphatic heterocycles. The maximum Gasteiger partial charge on any atom is 0.117 e. The summed E-state index contributed by atoms with van der Waals surface area (Å²) in [6.45, 7) is 0.873. The summed E-state index contributed by atoms with van der Waals surface area (Å²) in [7, 11) is 0. The molecule has 1 aromatic heterocycles.